The molecule has 2 nitrogen and oxygen atoms in total. The van der Waals surface area contributed by atoms with Gasteiger partial charge in [0.05, 0.1) is 0 Å². The van der Waals surface area contributed by atoms with Gasteiger partial charge in [0.25, 0.3) is 0 Å². The van der Waals surface area contributed by atoms with Crippen molar-refractivity contribution in [3.05, 3.63) is 0 Å². The molecule has 1 aliphatic rings. The van der Waals surface area contributed by atoms with Crippen LogP contribution in [0.25, 0.3) is 0 Å². The van der Waals surface area contributed by atoms with E-state index in [9.17, 15) is 0 Å². The first-order valence-electron chi connectivity index (χ1n) is 6.82. The van der Waals surface area contributed by atoms with Crippen molar-refractivity contribution < 1.29 is 0 Å². The normalized spacial score (nSPS) is 20.6. The molecule has 0 aromatic carbocycles. The zero-order chi connectivity index (χ0) is 12.2. The standard InChI is InChI=1S/C14H30N2/c1-12(2)10-16-8-6-13(7-9-16)15-11-14(3,4)5/h12-13,15H,6-11H2,1-5H3. The van der Waals surface area contributed by atoms with E-state index in [1.54, 1.807) is 0 Å². The van der Waals surface area contributed by atoms with Gasteiger partial charge in [-0.25, -0.2) is 0 Å². The summed E-state index contributed by atoms with van der Waals surface area (Å²) in [4.78, 5) is 2.61. The minimum atomic E-state index is 0.412. The average Bonchev–Trinajstić information content (AvgIpc) is 2.14. The number of hydrogen-bond acceptors (Lipinski definition) is 2. The summed E-state index contributed by atoms with van der Waals surface area (Å²) in [6.45, 7) is 16.5. The lowest BCUT2D eigenvalue weighted by Crippen LogP contribution is -2.45. The Hall–Kier alpha value is -0.0800. The van der Waals surface area contributed by atoms with E-state index in [0.717, 1.165) is 18.5 Å². The monoisotopic (exact) mass is 226 g/mol. The Morgan fingerprint density at radius 2 is 1.75 bits per heavy atom. The third-order valence-electron chi connectivity index (χ3n) is 3.13. The molecular formula is C14H30N2. The zero-order valence-electron chi connectivity index (χ0n) is 11.8. The summed E-state index contributed by atoms with van der Waals surface area (Å²) in [5.74, 6) is 0.805. The summed E-state index contributed by atoms with van der Waals surface area (Å²) >= 11 is 0. The van der Waals surface area contributed by atoms with E-state index in [1.807, 2.05) is 0 Å². The molecule has 16 heavy (non-hydrogen) atoms. The maximum Gasteiger partial charge on any atom is 0.00916 e. The molecule has 0 bridgehead atoms. The van der Waals surface area contributed by atoms with Crippen LogP contribution in [0.5, 0.6) is 0 Å². The van der Waals surface area contributed by atoms with Gasteiger partial charge in [-0.2, -0.15) is 0 Å². The van der Waals surface area contributed by atoms with Crippen molar-refractivity contribution >= 4 is 0 Å². The van der Waals surface area contributed by atoms with E-state index in [0.29, 0.717) is 5.41 Å². The quantitative estimate of drug-likeness (QED) is 0.793. The molecule has 2 heteroatoms. The van der Waals surface area contributed by atoms with Crippen LogP contribution >= 0.6 is 0 Å². The Kier molecular flexibility index (Phi) is 5.26. The highest BCUT2D eigenvalue weighted by Crippen LogP contribution is 2.15. The predicted molar refractivity (Wildman–Crippen MR) is 71.8 cm³/mol. The molecular weight excluding hydrogens is 196 g/mol. The van der Waals surface area contributed by atoms with Crippen molar-refractivity contribution in [2.24, 2.45) is 11.3 Å². The van der Waals surface area contributed by atoms with Gasteiger partial charge in [-0.1, -0.05) is 34.6 Å². The number of likely N-dealkylation sites (tertiary alicyclic amines) is 1. The highest BCUT2D eigenvalue weighted by atomic mass is 15.1. The van der Waals surface area contributed by atoms with Crippen LogP contribution in [0.3, 0.4) is 0 Å². The molecule has 1 N–H and O–H groups in total. The average molecular weight is 226 g/mol. The Bertz CT molecular complexity index is 185. The largest absolute Gasteiger partial charge is 0.313 e. The summed E-state index contributed by atoms with van der Waals surface area (Å²) in [6.07, 6.45) is 2.64. The van der Waals surface area contributed by atoms with Crippen LogP contribution in [0, 0.1) is 11.3 Å². The summed E-state index contributed by atoms with van der Waals surface area (Å²) in [7, 11) is 0. The van der Waals surface area contributed by atoms with Crippen molar-refractivity contribution in [1.82, 2.24) is 10.2 Å². The first-order valence-corrected chi connectivity index (χ1v) is 6.82. The van der Waals surface area contributed by atoms with Crippen LogP contribution in [-0.4, -0.2) is 37.1 Å². The molecule has 0 aromatic heterocycles. The Balaban J connectivity index is 2.17. The third-order valence-corrected chi connectivity index (χ3v) is 3.13. The maximum atomic E-state index is 3.71. The van der Waals surface area contributed by atoms with Gasteiger partial charge in [-0.3, -0.25) is 0 Å². The summed E-state index contributed by atoms with van der Waals surface area (Å²) in [5, 5.41) is 3.71. The minimum absolute atomic E-state index is 0.412. The van der Waals surface area contributed by atoms with Crippen molar-refractivity contribution in [3.8, 4) is 0 Å². The van der Waals surface area contributed by atoms with E-state index in [2.05, 4.69) is 44.8 Å². The van der Waals surface area contributed by atoms with E-state index >= 15 is 0 Å². The van der Waals surface area contributed by atoms with Gasteiger partial charge in [0.1, 0.15) is 0 Å². The van der Waals surface area contributed by atoms with Crippen LogP contribution in [0.15, 0.2) is 0 Å². The van der Waals surface area contributed by atoms with Gasteiger partial charge >= 0.3 is 0 Å². The highest BCUT2D eigenvalue weighted by Gasteiger charge is 2.20. The number of nitrogens with one attached hydrogen (secondary N) is 1. The fraction of sp³-hybridized carbons (Fsp3) is 1.00. The topological polar surface area (TPSA) is 15.3 Å². The van der Waals surface area contributed by atoms with E-state index in [-0.39, 0.29) is 0 Å². The van der Waals surface area contributed by atoms with Gasteiger partial charge in [0.15, 0.2) is 0 Å². The van der Waals surface area contributed by atoms with E-state index in [1.165, 1.54) is 32.5 Å². The summed E-state index contributed by atoms with van der Waals surface area (Å²) in [5.41, 5.74) is 0.412. The Labute approximate surface area is 102 Å². The predicted octanol–water partition coefficient (Wildman–Crippen LogP) is 2.74. The molecule has 0 amide bonds. The molecule has 1 heterocycles. The van der Waals surface area contributed by atoms with Crippen molar-refractivity contribution in [1.29, 1.82) is 0 Å². The van der Waals surface area contributed by atoms with Crippen LogP contribution in [-0.2, 0) is 0 Å². The van der Waals surface area contributed by atoms with Gasteiger partial charge in [0, 0.05) is 19.1 Å². The number of hydrogen-bond donors (Lipinski definition) is 1. The maximum absolute atomic E-state index is 3.71. The lowest BCUT2D eigenvalue weighted by Gasteiger charge is -2.34. The number of rotatable bonds is 4. The molecule has 0 radical (unpaired) electrons. The Morgan fingerprint density at radius 1 is 1.19 bits per heavy atom. The number of piperidine rings is 1. The van der Waals surface area contributed by atoms with Crippen LogP contribution < -0.4 is 5.32 Å². The molecule has 0 unspecified atom stereocenters. The second-order valence-corrected chi connectivity index (χ2v) is 6.91. The molecule has 1 saturated heterocycles. The van der Waals surface area contributed by atoms with Crippen LogP contribution in [0.1, 0.15) is 47.5 Å². The molecule has 0 aliphatic carbocycles. The molecule has 0 aromatic rings. The summed E-state index contributed by atoms with van der Waals surface area (Å²) in [6, 6.07) is 0.752. The molecule has 1 rings (SSSR count). The molecule has 1 aliphatic heterocycles. The fourth-order valence-electron chi connectivity index (χ4n) is 2.29. The second-order valence-electron chi connectivity index (χ2n) is 6.91. The van der Waals surface area contributed by atoms with E-state index in [4.69, 9.17) is 0 Å². The fourth-order valence-corrected chi connectivity index (χ4v) is 2.29. The molecule has 0 spiro atoms. The Morgan fingerprint density at radius 3 is 2.19 bits per heavy atom. The second kappa shape index (κ2) is 6.02. The van der Waals surface area contributed by atoms with Gasteiger partial charge in [-0.15, -0.1) is 0 Å². The minimum Gasteiger partial charge on any atom is -0.313 e. The lowest BCUT2D eigenvalue weighted by molar-refractivity contribution is 0.174. The number of nitrogens with zero attached hydrogens (tertiary/aromatic N) is 1. The van der Waals surface area contributed by atoms with Gasteiger partial charge < -0.3 is 10.2 Å². The van der Waals surface area contributed by atoms with Crippen LogP contribution in [0.4, 0.5) is 0 Å². The SMILES string of the molecule is CC(C)CN1CCC(NCC(C)(C)C)CC1. The first-order chi connectivity index (χ1) is 7.37. The van der Waals surface area contributed by atoms with Crippen molar-refractivity contribution in [3.63, 3.8) is 0 Å². The molecule has 96 valence electrons. The summed E-state index contributed by atoms with van der Waals surface area (Å²) < 4.78 is 0. The first kappa shape index (κ1) is 14.0. The third kappa shape index (κ3) is 5.86. The van der Waals surface area contributed by atoms with E-state index < -0.39 is 0 Å². The smallest absolute Gasteiger partial charge is 0.00916 e. The molecule has 0 atom stereocenters. The van der Waals surface area contributed by atoms with Crippen molar-refractivity contribution in [2.75, 3.05) is 26.2 Å². The lowest BCUT2D eigenvalue weighted by atomic mass is 9.95. The molecule has 0 saturated carbocycles. The van der Waals surface area contributed by atoms with Crippen molar-refractivity contribution in [2.45, 2.75) is 53.5 Å². The zero-order valence-corrected chi connectivity index (χ0v) is 11.8. The van der Waals surface area contributed by atoms with Crippen LogP contribution in [0.2, 0.25) is 0 Å². The van der Waals surface area contributed by atoms with Gasteiger partial charge in [-0.05, 0) is 37.3 Å². The molecule has 1 fully saturated rings. The van der Waals surface area contributed by atoms with Gasteiger partial charge in [0.2, 0.25) is 0 Å². The highest BCUT2D eigenvalue weighted by molar-refractivity contribution is 4.79.